The molecular weight excluding hydrogens is 266 g/mol. The molecule has 1 fully saturated rings. The molecule has 1 aromatic carbocycles. The van der Waals surface area contributed by atoms with Gasteiger partial charge in [-0.2, -0.15) is 0 Å². The van der Waals surface area contributed by atoms with Crippen LogP contribution in [0, 0.1) is 5.92 Å². The lowest BCUT2D eigenvalue weighted by molar-refractivity contribution is 0.0690. The summed E-state index contributed by atoms with van der Waals surface area (Å²) < 4.78 is 0. The zero-order valence-electron chi connectivity index (χ0n) is 12.5. The molecule has 0 aromatic heterocycles. The number of amides is 1. The number of hydrogen-bond donors (Lipinski definition) is 2. The summed E-state index contributed by atoms with van der Waals surface area (Å²) >= 11 is 0. The van der Waals surface area contributed by atoms with Crippen LogP contribution in [0.5, 0.6) is 0 Å². The van der Waals surface area contributed by atoms with Crippen molar-refractivity contribution in [1.82, 2.24) is 5.32 Å². The van der Waals surface area contributed by atoms with Gasteiger partial charge in [-0.25, -0.2) is 4.79 Å². The molecule has 2 N–H and O–H groups in total. The molecule has 0 bridgehead atoms. The van der Waals surface area contributed by atoms with E-state index in [0.717, 1.165) is 12.8 Å². The molecule has 1 atom stereocenters. The lowest BCUT2D eigenvalue weighted by Gasteiger charge is -2.23. The van der Waals surface area contributed by atoms with Gasteiger partial charge in [-0.1, -0.05) is 37.8 Å². The number of rotatable bonds is 4. The van der Waals surface area contributed by atoms with Crippen LogP contribution in [0.4, 0.5) is 0 Å². The van der Waals surface area contributed by atoms with Crippen molar-refractivity contribution in [3.63, 3.8) is 0 Å². The highest BCUT2D eigenvalue weighted by molar-refractivity contribution is 6.04. The van der Waals surface area contributed by atoms with E-state index in [-0.39, 0.29) is 23.1 Å². The van der Waals surface area contributed by atoms with E-state index in [4.69, 9.17) is 5.11 Å². The van der Waals surface area contributed by atoms with Crippen molar-refractivity contribution in [2.75, 3.05) is 0 Å². The van der Waals surface area contributed by atoms with Gasteiger partial charge in [0.15, 0.2) is 0 Å². The molecule has 2 rings (SSSR count). The van der Waals surface area contributed by atoms with Gasteiger partial charge >= 0.3 is 5.97 Å². The first-order chi connectivity index (χ1) is 10.1. The molecule has 114 valence electrons. The normalized spacial score (nSPS) is 17.8. The van der Waals surface area contributed by atoms with E-state index in [1.165, 1.54) is 31.7 Å². The highest BCUT2D eigenvalue weighted by atomic mass is 16.4. The summed E-state index contributed by atoms with van der Waals surface area (Å²) in [4.78, 5) is 23.5. The minimum atomic E-state index is -1.07. The van der Waals surface area contributed by atoms with Gasteiger partial charge in [0.25, 0.3) is 5.91 Å². The van der Waals surface area contributed by atoms with E-state index in [1.54, 1.807) is 18.2 Å². The predicted octanol–water partition coefficient (Wildman–Crippen LogP) is 3.47. The van der Waals surface area contributed by atoms with E-state index < -0.39 is 5.97 Å². The second-order valence-electron chi connectivity index (χ2n) is 5.86. The Morgan fingerprint density at radius 1 is 1.10 bits per heavy atom. The number of carbonyl (C=O) groups excluding carboxylic acids is 1. The van der Waals surface area contributed by atoms with Crippen LogP contribution >= 0.6 is 0 Å². The van der Waals surface area contributed by atoms with E-state index in [9.17, 15) is 9.59 Å². The Morgan fingerprint density at radius 2 is 1.67 bits per heavy atom. The van der Waals surface area contributed by atoms with Crippen LogP contribution in [-0.4, -0.2) is 23.0 Å². The molecule has 1 amide bonds. The molecular formula is C17H23NO3. The van der Waals surface area contributed by atoms with Crippen LogP contribution in [0.15, 0.2) is 24.3 Å². The van der Waals surface area contributed by atoms with Crippen LogP contribution in [0.3, 0.4) is 0 Å². The van der Waals surface area contributed by atoms with Gasteiger partial charge in [-0.15, -0.1) is 0 Å². The highest BCUT2D eigenvalue weighted by Gasteiger charge is 2.23. The first-order valence-corrected chi connectivity index (χ1v) is 7.73. The fourth-order valence-corrected chi connectivity index (χ4v) is 3.08. The van der Waals surface area contributed by atoms with Crippen molar-refractivity contribution in [1.29, 1.82) is 0 Å². The summed E-state index contributed by atoms with van der Waals surface area (Å²) in [7, 11) is 0. The number of carbonyl (C=O) groups is 2. The van der Waals surface area contributed by atoms with Crippen LogP contribution < -0.4 is 5.32 Å². The van der Waals surface area contributed by atoms with Crippen molar-refractivity contribution < 1.29 is 14.7 Å². The summed E-state index contributed by atoms with van der Waals surface area (Å²) in [6.07, 6.45) is 7.27. The lowest BCUT2D eigenvalue weighted by atomic mass is 9.92. The number of carboxylic acids is 1. The monoisotopic (exact) mass is 289 g/mol. The van der Waals surface area contributed by atoms with Crippen LogP contribution in [0.25, 0.3) is 0 Å². The van der Waals surface area contributed by atoms with Crippen molar-refractivity contribution in [3.05, 3.63) is 35.4 Å². The van der Waals surface area contributed by atoms with Gasteiger partial charge in [0, 0.05) is 6.04 Å². The topological polar surface area (TPSA) is 66.4 Å². The maximum absolute atomic E-state index is 12.3. The number of nitrogens with one attached hydrogen (secondary N) is 1. The third-order valence-electron chi connectivity index (χ3n) is 4.37. The summed E-state index contributed by atoms with van der Waals surface area (Å²) in [5, 5.41) is 12.1. The van der Waals surface area contributed by atoms with Gasteiger partial charge in [0.05, 0.1) is 11.1 Å². The zero-order chi connectivity index (χ0) is 15.2. The molecule has 4 nitrogen and oxygen atoms in total. The maximum Gasteiger partial charge on any atom is 0.336 e. The van der Waals surface area contributed by atoms with Crippen molar-refractivity contribution >= 4 is 11.9 Å². The average Bonchev–Trinajstić information content (AvgIpc) is 2.76. The number of benzene rings is 1. The molecule has 21 heavy (non-hydrogen) atoms. The van der Waals surface area contributed by atoms with Crippen molar-refractivity contribution in [3.8, 4) is 0 Å². The SMILES string of the molecule is C[C@H](NC(=O)c1ccccc1C(=O)O)C1CCCCCC1. The van der Waals surface area contributed by atoms with Crippen molar-refractivity contribution in [2.24, 2.45) is 5.92 Å². The Morgan fingerprint density at radius 3 is 2.24 bits per heavy atom. The van der Waals surface area contributed by atoms with E-state index in [2.05, 4.69) is 5.32 Å². The fourth-order valence-electron chi connectivity index (χ4n) is 3.08. The first-order valence-electron chi connectivity index (χ1n) is 7.73. The summed E-state index contributed by atoms with van der Waals surface area (Å²) in [5.74, 6) is -0.860. The van der Waals surface area contributed by atoms with Gasteiger partial charge in [-0.05, 0) is 37.8 Å². The van der Waals surface area contributed by atoms with Crippen LogP contribution in [-0.2, 0) is 0 Å². The maximum atomic E-state index is 12.3. The molecule has 0 unspecified atom stereocenters. The first kappa shape index (κ1) is 15.5. The molecule has 0 aliphatic heterocycles. The molecule has 1 saturated carbocycles. The second-order valence-corrected chi connectivity index (χ2v) is 5.86. The Hall–Kier alpha value is -1.84. The standard InChI is InChI=1S/C17H23NO3/c1-12(13-8-4-2-3-5-9-13)18-16(19)14-10-6-7-11-15(14)17(20)21/h6-7,10-13H,2-5,8-9H2,1H3,(H,18,19)(H,20,21)/t12-/m0/s1. The molecule has 0 saturated heterocycles. The quantitative estimate of drug-likeness (QED) is 0.834. The third kappa shape index (κ3) is 4.06. The molecule has 1 aliphatic rings. The number of hydrogen-bond acceptors (Lipinski definition) is 2. The van der Waals surface area contributed by atoms with Gasteiger partial charge in [-0.3, -0.25) is 4.79 Å². The van der Waals surface area contributed by atoms with Gasteiger partial charge in [0.2, 0.25) is 0 Å². The Labute approximate surface area is 125 Å². The molecule has 0 radical (unpaired) electrons. The smallest absolute Gasteiger partial charge is 0.336 e. The number of carboxylic acid groups (broad SMARTS) is 1. The van der Waals surface area contributed by atoms with E-state index >= 15 is 0 Å². The zero-order valence-corrected chi connectivity index (χ0v) is 12.5. The number of aromatic carboxylic acids is 1. The Bertz CT molecular complexity index is 505. The summed E-state index contributed by atoms with van der Waals surface area (Å²) in [6, 6.07) is 6.44. The summed E-state index contributed by atoms with van der Waals surface area (Å²) in [6.45, 7) is 2.03. The van der Waals surface area contributed by atoms with Crippen molar-refractivity contribution in [2.45, 2.75) is 51.5 Å². The molecule has 4 heteroatoms. The minimum absolute atomic E-state index is 0.0584. The van der Waals surface area contributed by atoms with Gasteiger partial charge < -0.3 is 10.4 Å². The van der Waals surface area contributed by atoms with Gasteiger partial charge in [0.1, 0.15) is 0 Å². The largest absolute Gasteiger partial charge is 0.478 e. The fraction of sp³-hybridized carbons (Fsp3) is 0.529. The van der Waals surface area contributed by atoms with Crippen LogP contribution in [0.2, 0.25) is 0 Å². The third-order valence-corrected chi connectivity index (χ3v) is 4.37. The molecule has 1 aromatic rings. The Balaban J connectivity index is 2.05. The lowest BCUT2D eigenvalue weighted by Crippen LogP contribution is -2.38. The average molecular weight is 289 g/mol. The van der Waals surface area contributed by atoms with E-state index in [0.29, 0.717) is 5.92 Å². The molecule has 0 heterocycles. The Kier molecular flexibility index (Phi) is 5.37. The molecule has 1 aliphatic carbocycles. The second kappa shape index (κ2) is 7.25. The minimum Gasteiger partial charge on any atom is -0.478 e. The van der Waals surface area contributed by atoms with E-state index in [1.807, 2.05) is 6.92 Å². The molecule has 0 spiro atoms. The van der Waals surface area contributed by atoms with Crippen LogP contribution in [0.1, 0.15) is 66.2 Å². The highest BCUT2D eigenvalue weighted by Crippen LogP contribution is 2.25. The summed E-state index contributed by atoms with van der Waals surface area (Å²) in [5.41, 5.74) is 0.300. The predicted molar refractivity (Wildman–Crippen MR) is 81.5 cm³/mol.